The summed E-state index contributed by atoms with van der Waals surface area (Å²) in [5.41, 5.74) is 0.511. The van der Waals surface area contributed by atoms with E-state index in [9.17, 15) is 14.4 Å². The molecule has 0 spiro atoms. The zero-order valence-electron chi connectivity index (χ0n) is 17.4. The Hall–Kier alpha value is -2.24. The molecule has 1 aromatic heterocycles. The van der Waals surface area contributed by atoms with Gasteiger partial charge in [0.1, 0.15) is 6.17 Å². The maximum atomic E-state index is 12.9. The van der Waals surface area contributed by atoms with Gasteiger partial charge in [-0.15, -0.1) is 0 Å². The number of amides is 2. The Kier molecular flexibility index (Phi) is 8.15. The average Bonchev–Trinajstić information content (AvgIpc) is 2.73. The number of likely N-dealkylation sites (tertiary alicyclic amines) is 1. The molecule has 154 valence electrons. The standard InChI is InChI=1S/C22H33N3O3/c1-4-22(2,3)20(27)21(28)25-15-8-6-12-19(25)24(17-26)14-7-5-10-18-11-9-13-23-16-18/h9,11,13,16-17,19H,4-8,10,12,14-15H2,1-3H3/t19-/m0/s1. The highest BCUT2D eigenvalue weighted by Gasteiger charge is 2.39. The topological polar surface area (TPSA) is 70.6 Å². The molecule has 1 aliphatic rings. The van der Waals surface area contributed by atoms with E-state index < -0.39 is 11.3 Å². The van der Waals surface area contributed by atoms with Gasteiger partial charge in [0, 0.05) is 30.9 Å². The third kappa shape index (κ3) is 5.63. The predicted octanol–water partition coefficient (Wildman–Crippen LogP) is 3.21. The summed E-state index contributed by atoms with van der Waals surface area (Å²) < 4.78 is 0. The van der Waals surface area contributed by atoms with Gasteiger partial charge in [-0.3, -0.25) is 19.4 Å². The van der Waals surface area contributed by atoms with Gasteiger partial charge in [-0.2, -0.15) is 0 Å². The van der Waals surface area contributed by atoms with Crippen molar-refractivity contribution in [3.8, 4) is 0 Å². The van der Waals surface area contributed by atoms with Crippen LogP contribution in [0.3, 0.4) is 0 Å². The van der Waals surface area contributed by atoms with Crippen LogP contribution in [0.4, 0.5) is 0 Å². The second kappa shape index (κ2) is 10.3. The van der Waals surface area contributed by atoms with E-state index >= 15 is 0 Å². The first-order chi connectivity index (χ1) is 13.4. The van der Waals surface area contributed by atoms with E-state index in [-0.39, 0.29) is 11.9 Å². The average molecular weight is 388 g/mol. The second-order valence-electron chi connectivity index (χ2n) is 8.20. The summed E-state index contributed by atoms with van der Waals surface area (Å²) in [5.74, 6) is -0.803. The van der Waals surface area contributed by atoms with Crippen LogP contribution in [-0.2, 0) is 20.8 Å². The fourth-order valence-electron chi connectivity index (χ4n) is 3.52. The SMILES string of the molecule is CCC(C)(C)C(=O)C(=O)N1CCCC[C@H]1N(C=O)CCCCc1cccnc1. The number of piperidine rings is 1. The number of hydrogen-bond acceptors (Lipinski definition) is 4. The normalized spacial score (nSPS) is 17.2. The number of aromatic nitrogens is 1. The van der Waals surface area contributed by atoms with Crippen molar-refractivity contribution in [2.45, 2.75) is 71.9 Å². The van der Waals surface area contributed by atoms with Gasteiger partial charge in [-0.05, 0) is 56.6 Å². The predicted molar refractivity (Wildman–Crippen MR) is 108 cm³/mol. The molecule has 28 heavy (non-hydrogen) atoms. The number of unbranched alkanes of at least 4 members (excludes halogenated alkanes) is 1. The first kappa shape index (κ1) is 22.1. The van der Waals surface area contributed by atoms with Gasteiger partial charge >= 0.3 is 0 Å². The van der Waals surface area contributed by atoms with Crippen molar-refractivity contribution in [2.24, 2.45) is 5.41 Å². The Balaban J connectivity index is 1.96. The minimum atomic E-state index is -0.672. The molecular formula is C22H33N3O3. The first-order valence-electron chi connectivity index (χ1n) is 10.4. The fraction of sp³-hybridized carbons (Fsp3) is 0.636. The van der Waals surface area contributed by atoms with E-state index in [0.29, 0.717) is 19.5 Å². The summed E-state index contributed by atoms with van der Waals surface area (Å²) in [5, 5.41) is 0. The van der Waals surface area contributed by atoms with Gasteiger partial charge in [-0.25, -0.2) is 0 Å². The van der Waals surface area contributed by atoms with Crippen LogP contribution in [0.15, 0.2) is 24.5 Å². The molecule has 6 nitrogen and oxygen atoms in total. The molecule has 1 aromatic rings. The van der Waals surface area contributed by atoms with Crippen LogP contribution in [-0.4, -0.2) is 52.1 Å². The second-order valence-corrected chi connectivity index (χ2v) is 8.20. The number of aryl methyl sites for hydroxylation is 1. The van der Waals surface area contributed by atoms with Crippen LogP contribution in [0.25, 0.3) is 0 Å². The van der Waals surface area contributed by atoms with Gasteiger partial charge in [0.15, 0.2) is 0 Å². The molecule has 0 bridgehead atoms. The quantitative estimate of drug-likeness (QED) is 0.351. The monoisotopic (exact) mass is 387 g/mol. The van der Waals surface area contributed by atoms with Crippen LogP contribution in [0.2, 0.25) is 0 Å². The molecule has 0 aliphatic carbocycles. The van der Waals surface area contributed by atoms with Crippen molar-refractivity contribution in [1.82, 2.24) is 14.8 Å². The molecule has 0 radical (unpaired) electrons. The summed E-state index contributed by atoms with van der Waals surface area (Å²) in [6.45, 7) is 6.65. The maximum absolute atomic E-state index is 12.9. The summed E-state index contributed by atoms with van der Waals surface area (Å²) in [6, 6.07) is 3.97. The van der Waals surface area contributed by atoms with Crippen LogP contribution < -0.4 is 0 Å². The van der Waals surface area contributed by atoms with E-state index in [1.54, 1.807) is 16.0 Å². The molecule has 1 atom stereocenters. The van der Waals surface area contributed by atoms with E-state index in [2.05, 4.69) is 4.98 Å². The van der Waals surface area contributed by atoms with Gasteiger partial charge < -0.3 is 9.80 Å². The zero-order chi connectivity index (χ0) is 20.6. The lowest BCUT2D eigenvalue weighted by molar-refractivity contribution is -0.156. The van der Waals surface area contributed by atoms with Crippen molar-refractivity contribution in [2.75, 3.05) is 13.1 Å². The lowest BCUT2D eigenvalue weighted by Crippen LogP contribution is -2.56. The van der Waals surface area contributed by atoms with Crippen molar-refractivity contribution in [3.05, 3.63) is 30.1 Å². The van der Waals surface area contributed by atoms with E-state index in [4.69, 9.17) is 0 Å². The van der Waals surface area contributed by atoms with E-state index in [1.807, 2.05) is 39.1 Å². The van der Waals surface area contributed by atoms with Crippen LogP contribution >= 0.6 is 0 Å². The molecule has 1 saturated heterocycles. The molecule has 1 fully saturated rings. The van der Waals surface area contributed by atoms with Gasteiger partial charge in [0.25, 0.3) is 5.91 Å². The number of pyridine rings is 1. The van der Waals surface area contributed by atoms with Gasteiger partial charge in [0.2, 0.25) is 12.2 Å². The molecular weight excluding hydrogens is 354 g/mol. The minimum Gasteiger partial charge on any atom is -0.325 e. The molecule has 2 heterocycles. The Morgan fingerprint density at radius 2 is 2.11 bits per heavy atom. The molecule has 0 saturated carbocycles. The lowest BCUT2D eigenvalue weighted by atomic mass is 9.84. The number of carbonyl (C=O) groups excluding carboxylic acids is 3. The largest absolute Gasteiger partial charge is 0.325 e. The molecule has 2 amide bonds. The molecule has 0 N–H and O–H groups in total. The number of Topliss-reactive ketones (excluding diaryl/α,β-unsaturated/α-hetero) is 1. The van der Waals surface area contributed by atoms with E-state index in [1.165, 1.54) is 5.56 Å². The molecule has 0 aromatic carbocycles. The first-order valence-corrected chi connectivity index (χ1v) is 10.4. The Morgan fingerprint density at radius 1 is 1.32 bits per heavy atom. The highest BCUT2D eigenvalue weighted by atomic mass is 16.2. The molecule has 2 rings (SSSR count). The fourth-order valence-corrected chi connectivity index (χ4v) is 3.52. The lowest BCUT2D eigenvalue weighted by Gasteiger charge is -2.41. The summed E-state index contributed by atoms with van der Waals surface area (Å²) in [4.78, 5) is 44.7. The maximum Gasteiger partial charge on any atom is 0.292 e. The third-order valence-corrected chi connectivity index (χ3v) is 5.80. The van der Waals surface area contributed by atoms with Crippen LogP contribution in [0.1, 0.15) is 64.9 Å². The smallest absolute Gasteiger partial charge is 0.292 e. The summed E-state index contributed by atoms with van der Waals surface area (Å²) in [7, 11) is 0. The number of nitrogens with zero attached hydrogens (tertiary/aromatic N) is 3. The zero-order valence-corrected chi connectivity index (χ0v) is 17.4. The van der Waals surface area contributed by atoms with Crippen LogP contribution in [0.5, 0.6) is 0 Å². The highest BCUT2D eigenvalue weighted by molar-refractivity contribution is 6.38. The number of carbonyl (C=O) groups is 3. The molecule has 6 heteroatoms. The van der Waals surface area contributed by atoms with Gasteiger partial charge in [-0.1, -0.05) is 26.8 Å². The van der Waals surface area contributed by atoms with Crippen LogP contribution in [0, 0.1) is 5.41 Å². The number of hydrogen-bond donors (Lipinski definition) is 0. The van der Waals surface area contributed by atoms with Crippen molar-refractivity contribution in [3.63, 3.8) is 0 Å². The highest BCUT2D eigenvalue weighted by Crippen LogP contribution is 2.26. The molecule has 1 aliphatic heterocycles. The van der Waals surface area contributed by atoms with Crippen molar-refractivity contribution in [1.29, 1.82) is 0 Å². The summed E-state index contributed by atoms with van der Waals surface area (Å²) >= 11 is 0. The Labute approximate surface area is 168 Å². The Bertz CT molecular complexity index is 660. The molecule has 0 unspecified atom stereocenters. The minimum absolute atomic E-state index is 0.311. The van der Waals surface area contributed by atoms with E-state index in [0.717, 1.165) is 44.9 Å². The Morgan fingerprint density at radius 3 is 2.75 bits per heavy atom. The van der Waals surface area contributed by atoms with Crippen molar-refractivity contribution >= 4 is 18.1 Å². The van der Waals surface area contributed by atoms with Gasteiger partial charge in [0.05, 0.1) is 0 Å². The number of ketones is 1. The van der Waals surface area contributed by atoms with Crippen molar-refractivity contribution < 1.29 is 14.4 Å². The third-order valence-electron chi connectivity index (χ3n) is 5.80. The summed E-state index contributed by atoms with van der Waals surface area (Å²) in [6.07, 6.45) is 10.0. The number of rotatable bonds is 10.